The van der Waals surface area contributed by atoms with E-state index >= 15 is 0 Å². The van der Waals surface area contributed by atoms with E-state index in [0.29, 0.717) is 18.0 Å². The predicted molar refractivity (Wildman–Crippen MR) is 68.0 cm³/mol. The second-order valence-corrected chi connectivity index (χ2v) is 5.01. The third-order valence-electron chi connectivity index (χ3n) is 1.87. The maximum Gasteiger partial charge on any atom is 0.255 e. The van der Waals surface area contributed by atoms with Gasteiger partial charge in [0.15, 0.2) is 0 Å². The van der Waals surface area contributed by atoms with Gasteiger partial charge < -0.3 is 10.4 Å². The van der Waals surface area contributed by atoms with Gasteiger partial charge in [0, 0.05) is 10.1 Å². The molecule has 3 nitrogen and oxygen atoms in total. The number of phenolic OH excluding ortho intramolecular Hbond substituents is 1. The third-order valence-corrected chi connectivity index (χ3v) is 2.55. The zero-order valence-electron chi connectivity index (χ0n) is 8.75. The van der Waals surface area contributed by atoms with Crippen molar-refractivity contribution in [2.45, 2.75) is 13.8 Å². The van der Waals surface area contributed by atoms with Gasteiger partial charge in [-0.3, -0.25) is 4.79 Å². The molecule has 0 atom stereocenters. The van der Waals surface area contributed by atoms with E-state index in [9.17, 15) is 9.90 Å². The molecule has 15 heavy (non-hydrogen) atoms. The number of benzene rings is 1. The Labute approximate surface area is 103 Å². The van der Waals surface area contributed by atoms with E-state index in [2.05, 4.69) is 27.9 Å². The van der Waals surface area contributed by atoms with Crippen LogP contribution in [0.4, 0.5) is 0 Å². The van der Waals surface area contributed by atoms with Crippen molar-refractivity contribution in [1.29, 1.82) is 0 Å². The van der Waals surface area contributed by atoms with E-state index in [0.717, 1.165) is 3.57 Å². The minimum atomic E-state index is -0.222. The van der Waals surface area contributed by atoms with E-state index in [1.165, 1.54) is 6.07 Å². The van der Waals surface area contributed by atoms with Crippen LogP contribution in [0.25, 0.3) is 0 Å². The van der Waals surface area contributed by atoms with Crippen molar-refractivity contribution in [2.24, 2.45) is 5.92 Å². The molecule has 0 aliphatic carbocycles. The number of phenols is 1. The van der Waals surface area contributed by atoms with Crippen LogP contribution in [0, 0.1) is 9.49 Å². The Kier molecular flexibility index (Phi) is 4.38. The molecule has 82 valence electrons. The highest BCUT2D eigenvalue weighted by Gasteiger charge is 2.11. The summed E-state index contributed by atoms with van der Waals surface area (Å²) in [7, 11) is 0. The molecule has 1 aromatic rings. The number of nitrogens with one attached hydrogen (secondary N) is 1. The smallest absolute Gasteiger partial charge is 0.255 e. The molecule has 0 unspecified atom stereocenters. The van der Waals surface area contributed by atoms with Gasteiger partial charge in [-0.25, -0.2) is 0 Å². The maximum atomic E-state index is 11.6. The Morgan fingerprint density at radius 2 is 2.20 bits per heavy atom. The molecule has 1 rings (SSSR count). The van der Waals surface area contributed by atoms with Crippen LogP contribution < -0.4 is 5.32 Å². The zero-order chi connectivity index (χ0) is 11.4. The molecule has 0 bridgehead atoms. The minimum Gasteiger partial charge on any atom is -0.507 e. The first kappa shape index (κ1) is 12.3. The summed E-state index contributed by atoms with van der Waals surface area (Å²) in [4.78, 5) is 11.6. The molecule has 0 aromatic heterocycles. The third kappa shape index (κ3) is 3.70. The molecular weight excluding hydrogens is 305 g/mol. The standard InChI is InChI=1S/C11H14INO2/c1-7(2)6-13-11(15)9-5-8(12)3-4-10(9)14/h3-5,7,14H,6H2,1-2H3,(H,13,15). The molecule has 0 spiro atoms. The normalized spacial score (nSPS) is 10.4. The molecule has 0 heterocycles. The highest BCUT2D eigenvalue weighted by Crippen LogP contribution is 2.19. The van der Waals surface area contributed by atoms with Gasteiger partial charge in [0.1, 0.15) is 5.75 Å². The average Bonchev–Trinajstić information content (AvgIpc) is 2.18. The first-order chi connectivity index (χ1) is 7.00. The summed E-state index contributed by atoms with van der Waals surface area (Å²) in [5.41, 5.74) is 0.336. The minimum absolute atomic E-state index is 0.0247. The lowest BCUT2D eigenvalue weighted by molar-refractivity contribution is 0.0946. The number of amides is 1. The van der Waals surface area contributed by atoms with Crippen molar-refractivity contribution < 1.29 is 9.90 Å². The quantitative estimate of drug-likeness (QED) is 0.841. The number of rotatable bonds is 3. The lowest BCUT2D eigenvalue weighted by atomic mass is 10.1. The van der Waals surface area contributed by atoms with Gasteiger partial charge in [-0.05, 0) is 46.7 Å². The Morgan fingerprint density at radius 1 is 1.53 bits per heavy atom. The Balaban J connectivity index is 2.77. The molecular formula is C11H14INO2. The van der Waals surface area contributed by atoms with E-state index in [1.54, 1.807) is 12.1 Å². The molecule has 0 radical (unpaired) electrons. The van der Waals surface area contributed by atoms with Crippen molar-refractivity contribution >= 4 is 28.5 Å². The SMILES string of the molecule is CC(C)CNC(=O)c1cc(I)ccc1O. The van der Waals surface area contributed by atoms with Crippen LogP contribution in [0.5, 0.6) is 5.75 Å². The molecule has 0 aliphatic rings. The maximum absolute atomic E-state index is 11.6. The van der Waals surface area contributed by atoms with Crippen molar-refractivity contribution in [3.63, 3.8) is 0 Å². The summed E-state index contributed by atoms with van der Waals surface area (Å²) in [5.74, 6) is 0.204. The van der Waals surface area contributed by atoms with E-state index in [4.69, 9.17) is 0 Å². The average molecular weight is 319 g/mol. The van der Waals surface area contributed by atoms with Crippen LogP contribution in [0.3, 0.4) is 0 Å². The predicted octanol–water partition coefficient (Wildman–Crippen LogP) is 2.38. The van der Waals surface area contributed by atoms with Gasteiger partial charge in [-0.15, -0.1) is 0 Å². The van der Waals surface area contributed by atoms with Crippen LogP contribution in [0.2, 0.25) is 0 Å². The molecule has 1 amide bonds. The van der Waals surface area contributed by atoms with Gasteiger partial charge in [-0.1, -0.05) is 13.8 Å². The van der Waals surface area contributed by atoms with Gasteiger partial charge in [0.2, 0.25) is 0 Å². The van der Waals surface area contributed by atoms with Crippen molar-refractivity contribution in [1.82, 2.24) is 5.32 Å². The fourth-order valence-electron chi connectivity index (χ4n) is 1.08. The lowest BCUT2D eigenvalue weighted by Gasteiger charge is -2.08. The van der Waals surface area contributed by atoms with E-state index in [1.807, 2.05) is 13.8 Å². The summed E-state index contributed by atoms with van der Waals surface area (Å²) in [6, 6.07) is 4.97. The molecule has 1 aromatic carbocycles. The van der Waals surface area contributed by atoms with Crippen molar-refractivity contribution in [2.75, 3.05) is 6.54 Å². The van der Waals surface area contributed by atoms with Crippen molar-refractivity contribution in [3.05, 3.63) is 27.3 Å². The Morgan fingerprint density at radius 3 is 2.80 bits per heavy atom. The molecule has 0 aliphatic heterocycles. The molecule has 2 N–H and O–H groups in total. The molecule has 0 saturated carbocycles. The Hall–Kier alpha value is -0.780. The van der Waals surface area contributed by atoms with Crippen molar-refractivity contribution in [3.8, 4) is 5.75 Å². The van der Waals surface area contributed by atoms with Crippen LogP contribution in [-0.2, 0) is 0 Å². The number of halogens is 1. The largest absolute Gasteiger partial charge is 0.507 e. The van der Waals surface area contributed by atoms with Gasteiger partial charge in [-0.2, -0.15) is 0 Å². The number of hydrogen-bond donors (Lipinski definition) is 2. The number of carbonyl (C=O) groups is 1. The van der Waals surface area contributed by atoms with Crippen LogP contribution in [0.15, 0.2) is 18.2 Å². The topological polar surface area (TPSA) is 49.3 Å². The number of aromatic hydroxyl groups is 1. The van der Waals surface area contributed by atoms with Gasteiger partial charge in [0.05, 0.1) is 5.56 Å². The second-order valence-electron chi connectivity index (χ2n) is 3.77. The van der Waals surface area contributed by atoms with Gasteiger partial charge >= 0.3 is 0 Å². The second kappa shape index (κ2) is 5.34. The zero-order valence-corrected chi connectivity index (χ0v) is 10.9. The first-order valence-corrected chi connectivity index (χ1v) is 5.85. The fraction of sp³-hybridized carbons (Fsp3) is 0.364. The fourth-order valence-corrected chi connectivity index (χ4v) is 1.57. The van der Waals surface area contributed by atoms with Crippen LogP contribution in [-0.4, -0.2) is 17.6 Å². The molecule has 0 fully saturated rings. The highest BCUT2D eigenvalue weighted by molar-refractivity contribution is 14.1. The summed E-state index contributed by atoms with van der Waals surface area (Å²) in [6.07, 6.45) is 0. The lowest BCUT2D eigenvalue weighted by Crippen LogP contribution is -2.27. The van der Waals surface area contributed by atoms with Gasteiger partial charge in [0.25, 0.3) is 5.91 Å². The van der Waals surface area contributed by atoms with E-state index < -0.39 is 0 Å². The summed E-state index contributed by atoms with van der Waals surface area (Å²) < 4.78 is 0.931. The monoisotopic (exact) mass is 319 g/mol. The Bertz CT molecular complexity index is 364. The summed E-state index contributed by atoms with van der Waals surface area (Å²) in [6.45, 7) is 4.66. The van der Waals surface area contributed by atoms with Crippen LogP contribution >= 0.6 is 22.6 Å². The number of hydrogen-bond acceptors (Lipinski definition) is 2. The van der Waals surface area contributed by atoms with Crippen LogP contribution in [0.1, 0.15) is 24.2 Å². The summed E-state index contributed by atoms with van der Waals surface area (Å²) >= 11 is 2.11. The molecule has 0 saturated heterocycles. The first-order valence-electron chi connectivity index (χ1n) is 4.77. The highest BCUT2D eigenvalue weighted by atomic mass is 127. The van der Waals surface area contributed by atoms with E-state index in [-0.39, 0.29) is 11.7 Å². The summed E-state index contributed by atoms with van der Waals surface area (Å²) in [5, 5.41) is 12.3. The number of carbonyl (C=O) groups excluding carboxylic acids is 1. The molecule has 4 heteroatoms.